The number of aliphatic carboxylic acids is 1. The van der Waals surface area contributed by atoms with E-state index in [4.69, 9.17) is 18.4 Å². The molecule has 0 aromatic heterocycles. The minimum Gasteiger partial charge on any atom is -0.480 e. The van der Waals surface area contributed by atoms with Crippen LogP contribution in [0.25, 0.3) is 0 Å². The maximum absolute atomic E-state index is 10.9. The van der Waals surface area contributed by atoms with E-state index in [1.54, 1.807) is 35.2 Å². The van der Waals surface area contributed by atoms with Crippen molar-refractivity contribution in [2.24, 2.45) is 0 Å². The molecule has 20 heavy (non-hydrogen) atoms. The summed E-state index contributed by atoms with van der Waals surface area (Å²) < 4.78 is 16.0. The van der Waals surface area contributed by atoms with Crippen molar-refractivity contribution in [2.75, 3.05) is 41.0 Å². The Kier molecular flexibility index (Phi) is 9.19. The lowest BCUT2D eigenvalue weighted by Crippen LogP contribution is -2.49. The van der Waals surface area contributed by atoms with Gasteiger partial charge in [-0.25, -0.2) is 0 Å². The van der Waals surface area contributed by atoms with Crippen molar-refractivity contribution in [1.82, 2.24) is 10.6 Å². The lowest BCUT2D eigenvalue weighted by Gasteiger charge is -2.24. The van der Waals surface area contributed by atoms with E-state index in [2.05, 4.69) is 10.6 Å². The van der Waals surface area contributed by atoms with Gasteiger partial charge >= 0.3 is 14.8 Å². The van der Waals surface area contributed by atoms with Crippen LogP contribution in [0.5, 0.6) is 0 Å². The highest BCUT2D eigenvalue weighted by Gasteiger charge is 2.36. The van der Waals surface area contributed by atoms with Crippen LogP contribution >= 0.6 is 0 Å². The number of hydrogen-bond donors (Lipinski definition) is 3. The topological polar surface area (TPSA) is 89.1 Å². The fourth-order valence-corrected chi connectivity index (χ4v) is 3.37. The average molecular weight is 308 g/mol. The normalized spacial score (nSPS) is 12.7. The van der Waals surface area contributed by atoms with Crippen molar-refractivity contribution in [3.05, 3.63) is 0 Å². The van der Waals surface area contributed by atoms with Gasteiger partial charge in [-0.05, 0) is 26.8 Å². The van der Waals surface area contributed by atoms with Gasteiger partial charge < -0.3 is 29.0 Å². The number of carboxylic acid groups (broad SMARTS) is 1. The molecule has 0 saturated carbocycles. The van der Waals surface area contributed by atoms with Gasteiger partial charge in [0.15, 0.2) is 0 Å². The average Bonchev–Trinajstić information content (AvgIpc) is 2.42. The molecule has 0 aromatic carbocycles. The minimum atomic E-state index is -2.46. The second-order valence-electron chi connectivity index (χ2n) is 5.01. The Morgan fingerprint density at radius 3 is 2.10 bits per heavy atom. The molecule has 3 N–H and O–H groups in total. The van der Waals surface area contributed by atoms with Crippen molar-refractivity contribution in [3.8, 4) is 0 Å². The molecule has 0 spiro atoms. The van der Waals surface area contributed by atoms with Crippen LogP contribution in [-0.4, -0.2) is 66.4 Å². The maximum atomic E-state index is 10.9. The zero-order chi connectivity index (χ0) is 15.6. The molecule has 120 valence electrons. The lowest BCUT2D eigenvalue weighted by molar-refractivity contribution is -0.143. The van der Waals surface area contributed by atoms with Gasteiger partial charge in [-0.2, -0.15) is 0 Å². The molecule has 0 aromatic rings. The highest BCUT2D eigenvalue weighted by Crippen LogP contribution is 2.14. The van der Waals surface area contributed by atoms with Crippen LogP contribution in [0.3, 0.4) is 0 Å². The Balaban J connectivity index is 3.71. The van der Waals surface area contributed by atoms with Gasteiger partial charge in [0.05, 0.1) is 0 Å². The molecular weight excluding hydrogens is 280 g/mol. The molecule has 0 fully saturated rings. The van der Waals surface area contributed by atoms with Crippen LogP contribution in [0.4, 0.5) is 0 Å². The molecule has 0 amide bonds. The summed E-state index contributed by atoms with van der Waals surface area (Å²) in [6.07, 6.45) is 0.879. The van der Waals surface area contributed by atoms with E-state index < -0.39 is 20.3 Å². The fourth-order valence-electron chi connectivity index (χ4n) is 1.65. The predicted octanol–water partition coefficient (Wildman–Crippen LogP) is 0.297. The molecular formula is C12H28N2O5Si. The van der Waals surface area contributed by atoms with Gasteiger partial charge in [0.2, 0.25) is 0 Å². The number of nitrogens with one attached hydrogen (secondary N) is 2. The second-order valence-corrected chi connectivity index (χ2v) is 8.10. The zero-order valence-electron chi connectivity index (χ0n) is 13.1. The first-order chi connectivity index (χ1) is 9.33. The maximum Gasteiger partial charge on any atom is 0.500 e. The van der Waals surface area contributed by atoms with Gasteiger partial charge in [0.25, 0.3) is 0 Å². The third-order valence-electron chi connectivity index (χ3n) is 3.17. The summed E-state index contributed by atoms with van der Waals surface area (Å²) in [6, 6.07) is 0.748. The lowest BCUT2D eigenvalue weighted by atomic mass is 10.1. The Morgan fingerprint density at radius 2 is 1.65 bits per heavy atom. The second kappa shape index (κ2) is 9.43. The summed E-state index contributed by atoms with van der Waals surface area (Å²) in [7, 11) is 2.34. The molecule has 0 radical (unpaired) electrons. The Labute approximate surface area is 122 Å². The summed E-state index contributed by atoms with van der Waals surface area (Å²) in [5, 5.41) is 15.1. The van der Waals surface area contributed by atoms with Crippen molar-refractivity contribution in [1.29, 1.82) is 0 Å². The van der Waals surface area contributed by atoms with Gasteiger partial charge in [-0.15, -0.1) is 0 Å². The van der Waals surface area contributed by atoms with Crippen LogP contribution in [-0.2, 0) is 18.1 Å². The fraction of sp³-hybridized carbons (Fsp3) is 0.917. The summed E-state index contributed by atoms with van der Waals surface area (Å²) >= 11 is 0. The standard InChI is InChI=1S/C12H28N2O5Si/c1-12(2,11(15)16)14-9-8-13-7-6-10-20(17-3,18-4)19-5/h13-14H,6-10H2,1-5H3,(H,15,16). The molecule has 0 bridgehead atoms. The molecule has 0 heterocycles. The number of carboxylic acids is 1. The zero-order valence-corrected chi connectivity index (χ0v) is 14.1. The number of hydrogen-bond acceptors (Lipinski definition) is 6. The molecule has 0 aliphatic heterocycles. The Hall–Kier alpha value is -0.513. The van der Waals surface area contributed by atoms with Crippen LogP contribution in [0.1, 0.15) is 20.3 Å². The van der Waals surface area contributed by atoms with E-state index in [1.165, 1.54) is 0 Å². The van der Waals surface area contributed by atoms with E-state index in [9.17, 15) is 4.79 Å². The number of rotatable bonds is 12. The summed E-state index contributed by atoms with van der Waals surface area (Å²) in [5.41, 5.74) is -0.897. The molecule has 0 unspecified atom stereocenters. The van der Waals surface area contributed by atoms with Crippen molar-refractivity contribution >= 4 is 14.8 Å². The molecule has 7 nitrogen and oxygen atoms in total. The van der Waals surface area contributed by atoms with E-state index in [1.807, 2.05) is 0 Å². The molecule has 0 saturated heterocycles. The van der Waals surface area contributed by atoms with Crippen LogP contribution in [0.2, 0.25) is 6.04 Å². The largest absolute Gasteiger partial charge is 0.500 e. The van der Waals surface area contributed by atoms with Gasteiger partial charge in [0, 0.05) is 40.5 Å². The van der Waals surface area contributed by atoms with Crippen LogP contribution in [0.15, 0.2) is 0 Å². The van der Waals surface area contributed by atoms with Crippen molar-refractivity contribution in [3.63, 3.8) is 0 Å². The molecule has 0 aliphatic rings. The van der Waals surface area contributed by atoms with E-state index in [0.29, 0.717) is 13.1 Å². The van der Waals surface area contributed by atoms with Crippen LogP contribution in [0, 0.1) is 0 Å². The summed E-state index contributed by atoms with van der Waals surface area (Å²) in [5.74, 6) is -0.853. The molecule has 0 aliphatic carbocycles. The highest BCUT2D eigenvalue weighted by atomic mass is 28.4. The monoisotopic (exact) mass is 308 g/mol. The van der Waals surface area contributed by atoms with Gasteiger partial charge in [-0.1, -0.05) is 0 Å². The molecule has 8 heteroatoms. The smallest absolute Gasteiger partial charge is 0.480 e. The summed E-state index contributed by atoms with van der Waals surface area (Å²) in [6.45, 7) is 5.40. The van der Waals surface area contributed by atoms with E-state index in [-0.39, 0.29) is 0 Å². The third-order valence-corrected chi connectivity index (χ3v) is 6.00. The minimum absolute atomic E-state index is 0.598. The molecule has 0 rings (SSSR count). The first-order valence-electron chi connectivity index (χ1n) is 6.68. The predicted molar refractivity (Wildman–Crippen MR) is 78.8 cm³/mol. The Bertz CT molecular complexity index is 277. The number of carbonyl (C=O) groups is 1. The first kappa shape index (κ1) is 19.5. The van der Waals surface area contributed by atoms with Crippen molar-refractivity contribution < 1.29 is 23.2 Å². The van der Waals surface area contributed by atoms with Crippen molar-refractivity contribution in [2.45, 2.75) is 31.9 Å². The highest BCUT2D eigenvalue weighted by molar-refractivity contribution is 6.60. The van der Waals surface area contributed by atoms with Gasteiger partial charge in [0.1, 0.15) is 5.54 Å². The third kappa shape index (κ3) is 6.78. The Morgan fingerprint density at radius 1 is 1.10 bits per heavy atom. The first-order valence-corrected chi connectivity index (χ1v) is 8.61. The van der Waals surface area contributed by atoms with E-state index >= 15 is 0 Å². The van der Waals surface area contributed by atoms with Crippen LogP contribution < -0.4 is 10.6 Å². The summed E-state index contributed by atoms with van der Waals surface area (Å²) in [4.78, 5) is 10.9. The quantitative estimate of drug-likeness (QED) is 0.353. The van der Waals surface area contributed by atoms with Gasteiger partial charge in [-0.3, -0.25) is 4.79 Å². The molecule has 0 atom stereocenters. The van der Waals surface area contributed by atoms with E-state index in [0.717, 1.165) is 19.0 Å². The SMILES string of the molecule is CO[Si](CCCNCCNC(C)(C)C(=O)O)(OC)OC.